The fourth-order valence-corrected chi connectivity index (χ4v) is 2.99. The first-order chi connectivity index (χ1) is 11.0. The minimum atomic E-state index is -1.23. The van der Waals surface area contributed by atoms with Gasteiger partial charge >= 0.3 is 5.97 Å². The molecule has 0 heterocycles. The molecule has 1 fully saturated rings. The highest BCUT2D eigenvalue weighted by Gasteiger charge is 2.60. The second kappa shape index (κ2) is 9.39. The minimum Gasteiger partial charge on any atom is -0.481 e. The van der Waals surface area contributed by atoms with E-state index in [2.05, 4.69) is 6.92 Å². The number of hydrogen-bond donors (Lipinski definition) is 1. The van der Waals surface area contributed by atoms with Crippen molar-refractivity contribution in [3.63, 3.8) is 0 Å². The molecule has 4 unspecified atom stereocenters. The summed E-state index contributed by atoms with van der Waals surface area (Å²) in [6.45, 7) is 4.52. The van der Waals surface area contributed by atoms with Crippen LogP contribution in [0.4, 0.5) is 0 Å². The van der Waals surface area contributed by atoms with E-state index in [1.54, 1.807) is 0 Å². The maximum atomic E-state index is 12.3. The van der Waals surface area contributed by atoms with Crippen molar-refractivity contribution < 1.29 is 33.8 Å². The van der Waals surface area contributed by atoms with Crippen LogP contribution in [-0.4, -0.2) is 48.4 Å². The van der Waals surface area contributed by atoms with E-state index in [-0.39, 0.29) is 24.5 Å². The van der Waals surface area contributed by atoms with Gasteiger partial charge in [0.05, 0.1) is 5.92 Å². The molecule has 0 aromatic heterocycles. The number of carbonyl (C=O) groups is 4. The van der Waals surface area contributed by atoms with Gasteiger partial charge < -0.3 is 14.6 Å². The van der Waals surface area contributed by atoms with E-state index < -0.39 is 29.8 Å². The second-order valence-corrected chi connectivity index (χ2v) is 5.76. The van der Waals surface area contributed by atoms with E-state index in [1.165, 1.54) is 6.92 Å². The number of hydrogen-bond acceptors (Lipinski definition) is 6. The van der Waals surface area contributed by atoms with E-state index >= 15 is 0 Å². The number of aliphatic carboxylic acids is 1. The van der Waals surface area contributed by atoms with E-state index in [4.69, 9.17) is 14.6 Å². The van der Waals surface area contributed by atoms with Crippen molar-refractivity contribution >= 4 is 24.0 Å². The largest absolute Gasteiger partial charge is 0.481 e. The van der Waals surface area contributed by atoms with E-state index in [0.29, 0.717) is 19.6 Å². The predicted molar refractivity (Wildman–Crippen MR) is 79.7 cm³/mol. The Morgan fingerprint density at radius 1 is 1.09 bits per heavy atom. The first kappa shape index (κ1) is 19.3. The molecule has 0 aromatic carbocycles. The van der Waals surface area contributed by atoms with Crippen molar-refractivity contribution in [3.05, 3.63) is 0 Å². The Balaban J connectivity index is 2.59. The molecule has 1 aliphatic rings. The van der Waals surface area contributed by atoms with Gasteiger partial charge in [-0.05, 0) is 19.8 Å². The molecule has 1 saturated carbocycles. The molecule has 1 aliphatic carbocycles. The van der Waals surface area contributed by atoms with Crippen molar-refractivity contribution in [2.75, 3.05) is 13.2 Å². The Morgan fingerprint density at radius 3 is 2.26 bits per heavy atom. The zero-order valence-corrected chi connectivity index (χ0v) is 13.5. The number of carbonyl (C=O) groups excluding carboxylic acids is 3. The van der Waals surface area contributed by atoms with Gasteiger partial charge in [0.2, 0.25) is 0 Å². The van der Waals surface area contributed by atoms with Crippen molar-refractivity contribution in [2.24, 2.45) is 17.8 Å². The summed E-state index contributed by atoms with van der Waals surface area (Å²) in [5.74, 6) is -4.80. The van der Waals surface area contributed by atoms with Crippen LogP contribution >= 0.6 is 0 Å². The fourth-order valence-electron chi connectivity index (χ4n) is 2.99. The zero-order valence-electron chi connectivity index (χ0n) is 13.5. The molecule has 4 atom stereocenters. The molecule has 0 saturated heterocycles. The molecule has 0 aliphatic heterocycles. The molecule has 7 nitrogen and oxygen atoms in total. The molecule has 0 radical (unpaired) electrons. The standard InChI is InChI=1S/C16H24O7/c1-3-4-7-22-8-5-6-11(19)13-12(10(2)18)14(16(20)21)15(13)23-9-17/h9,12-15H,3-8H2,1-2H3,(H,20,21). The van der Waals surface area contributed by atoms with Gasteiger partial charge in [0.25, 0.3) is 6.47 Å². The first-order valence-electron chi connectivity index (χ1n) is 7.88. The van der Waals surface area contributed by atoms with Gasteiger partial charge in [-0.1, -0.05) is 13.3 Å². The molecular formula is C16H24O7. The van der Waals surface area contributed by atoms with Crippen molar-refractivity contribution in [1.82, 2.24) is 0 Å². The molecule has 1 rings (SSSR count). The summed E-state index contributed by atoms with van der Waals surface area (Å²) < 4.78 is 10.1. The average Bonchev–Trinajstić information content (AvgIpc) is 2.45. The Hall–Kier alpha value is -1.76. The van der Waals surface area contributed by atoms with Gasteiger partial charge in [0, 0.05) is 25.6 Å². The number of ketones is 2. The van der Waals surface area contributed by atoms with Crippen LogP contribution < -0.4 is 0 Å². The van der Waals surface area contributed by atoms with Crippen molar-refractivity contribution in [1.29, 1.82) is 0 Å². The lowest BCUT2D eigenvalue weighted by Gasteiger charge is -2.46. The monoisotopic (exact) mass is 328 g/mol. The smallest absolute Gasteiger partial charge is 0.311 e. The molecule has 23 heavy (non-hydrogen) atoms. The number of Topliss-reactive ketones (excluding diaryl/α,β-unsaturated/α-hetero) is 2. The summed E-state index contributed by atoms with van der Waals surface area (Å²) >= 11 is 0. The molecule has 1 N–H and O–H groups in total. The number of ether oxygens (including phenoxy) is 2. The van der Waals surface area contributed by atoms with E-state index in [1.807, 2.05) is 0 Å². The Morgan fingerprint density at radius 2 is 1.74 bits per heavy atom. The van der Waals surface area contributed by atoms with Gasteiger partial charge in [-0.25, -0.2) is 0 Å². The summed E-state index contributed by atoms with van der Waals surface area (Å²) in [7, 11) is 0. The van der Waals surface area contributed by atoms with Crippen LogP contribution in [0.3, 0.4) is 0 Å². The van der Waals surface area contributed by atoms with Gasteiger partial charge in [-0.2, -0.15) is 0 Å². The SMILES string of the molecule is CCCCOCCCC(=O)C1C(OC=O)C(C(=O)O)C1C(C)=O. The molecule has 130 valence electrons. The van der Waals surface area contributed by atoms with Crippen LogP contribution in [0.25, 0.3) is 0 Å². The first-order valence-corrected chi connectivity index (χ1v) is 7.88. The van der Waals surface area contributed by atoms with Gasteiger partial charge in [-0.3, -0.25) is 19.2 Å². The van der Waals surface area contributed by atoms with E-state index in [9.17, 15) is 19.2 Å². The summed E-state index contributed by atoms with van der Waals surface area (Å²) in [6, 6.07) is 0. The van der Waals surface area contributed by atoms with Crippen LogP contribution in [0.2, 0.25) is 0 Å². The highest BCUT2D eigenvalue weighted by Crippen LogP contribution is 2.44. The third-order valence-corrected chi connectivity index (χ3v) is 4.17. The maximum Gasteiger partial charge on any atom is 0.311 e. The van der Waals surface area contributed by atoms with Crippen molar-refractivity contribution in [3.8, 4) is 0 Å². The zero-order chi connectivity index (χ0) is 17.4. The predicted octanol–water partition coefficient (Wildman–Crippen LogP) is 1.23. The molecule has 0 spiro atoms. The lowest BCUT2D eigenvalue weighted by Crippen LogP contribution is -2.61. The topological polar surface area (TPSA) is 107 Å². The highest BCUT2D eigenvalue weighted by molar-refractivity contribution is 5.96. The Bertz CT molecular complexity index is 446. The minimum absolute atomic E-state index is 0.130. The Kier molecular flexibility index (Phi) is 7.88. The van der Waals surface area contributed by atoms with Crippen LogP contribution in [0, 0.1) is 17.8 Å². The second-order valence-electron chi connectivity index (χ2n) is 5.76. The summed E-state index contributed by atoms with van der Waals surface area (Å²) in [6.07, 6.45) is 1.59. The number of carboxylic acids is 1. The molecule has 7 heteroatoms. The summed E-state index contributed by atoms with van der Waals surface area (Å²) in [4.78, 5) is 45.7. The Labute approximate surface area is 135 Å². The third kappa shape index (κ3) is 4.86. The van der Waals surface area contributed by atoms with Crippen LogP contribution in [0.15, 0.2) is 0 Å². The quantitative estimate of drug-likeness (QED) is 0.424. The average molecular weight is 328 g/mol. The van der Waals surface area contributed by atoms with Gasteiger partial charge in [0.15, 0.2) is 0 Å². The van der Waals surface area contributed by atoms with Crippen LogP contribution in [0.1, 0.15) is 39.5 Å². The lowest BCUT2D eigenvalue weighted by atomic mass is 9.58. The third-order valence-electron chi connectivity index (χ3n) is 4.17. The number of carboxylic acid groups (broad SMARTS) is 1. The van der Waals surface area contributed by atoms with Gasteiger partial charge in [-0.15, -0.1) is 0 Å². The summed E-state index contributed by atoms with van der Waals surface area (Å²) in [5.41, 5.74) is 0. The van der Waals surface area contributed by atoms with Crippen LogP contribution in [-0.2, 0) is 28.7 Å². The number of unbranched alkanes of at least 4 members (excludes halogenated alkanes) is 1. The number of rotatable bonds is 12. The molecule has 0 aromatic rings. The maximum absolute atomic E-state index is 12.3. The molecular weight excluding hydrogens is 304 g/mol. The van der Waals surface area contributed by atoms with Crippen LogP contribution in [0.5, 0.6) is 0 Å². The normalized spacial score (nSPS) is 26.2. The van der Waals surface area contributed by atoms with Crippen molar-refractivity contribution in [2.45, 2.75) is 45.6 Å². The fraction of sp³-hybridized carbons (Fsp3) is 0.750. The van der Waals surface area contributed by atoms with E-state index in [0.717, 1.165) is 12.8 Å². The summed E-state index contributed by atoms with van der Waals surface area (Å²) in [5, 5.41) is 9.17. The highest BCUT2D eigenvalue weighted by atomic mass is 16.5. The lowest BCUT2D eigenvalue weighted by molar-refractivity contribution is -0.186. The van der Waals surface area contributed by atoms with Gasteiger partial charge in [0.1, 0.15) is 23.6 Å². The molecule has 0 bridgehead atoms. The molecule has 0 amide bonds.